The molecule has 0 unspecified atom stereocenters. The monoisotopic (exact) mass is 437 g/mol. The Morgan fingerprint density at radius 1 is 1.03 bits per heavy atom. The molecule has 7 nitrogen and oxygen atoms in total. The van der Waals surface area contributed by atoms with E-state index in [1.165, 1.54) is 11.3 Å². The van der Waals surface area contributed by atoms with Crippen LogP contribution in [0.3, 0.4) is 0 Å². The number of halogens is 1. The van der Waals surface area contributed by atoms with Gasteiger partial charge in [-0.15, -0.1) is 12.4 Å². The van der Waals surface area contributed by atoms with Crippen molar-refractivity contribution in [1.29, 1.82) is 5.26 Å². The number of nitrogens with zero attached hydrogens (tertiary/aromatic N) is 7. The van der Waals surface area contributed by atoms with Crippen LogP contribution >= 0.6 is 12.4 Å². The fraction of sp³-hybridized carbons (Fsp3) is 0.391. The van der Waals surface area contributed by atoms with Crippen LogP contribution < -0.4 is 4.90 Å². The summed E-state index contributed by atoms with van der Waals surface area (Å²) in [6.45, 7) is 9.91. The van der Waals surface area contributed by atoms with Gasteiger partial charge in [-0.2, -0.15) is 10.4 Å². The SMILES string of the molecule is CCn1ncc(CN2CCN(c3nccnc3-c3ccc(CC#N)cc3)CC2)c1C.Cl. The van der Waals surface area contributed by atoms with Gasteiger partial charge >= 0.3 is 0 Å². The normalized spacial score (nSPS) is 14.2. The van der Waals surface area contributed by atoms with Crippen molar-refractivity contribution < 1.29 is 0 Å². The molecule has 1 aromatic carbocycles. The molecule has 0 bridgehead atoms. The van der Waals surface area contributed by atoms with E-state index >= 15 is 0 Å². The first-order chi connectivity index (χ1) is 14.7. The Morgan fingerprint density at radius 3 is 2.39 bits per heavy atom. The van der Waals surface area contributed by atoms with Crippen LogP contribution in [0.2, 0.25) is 0 Å². The Kier molecular flexibility index (Phi) is 7.61. The van der Waals surface area contributed by atoms with Crippen LogP contribution in [0.25, 0.3) is 11.3 Å². The van der Waals surface area contributed by atoms with Gasteiger partial charge in [-0.3, -0.25) is 14.6 Å². The summed E-state index contributed by atoms with van der Waals surface area (Å²) in [6, 6.07) is 10.2. The summed E-state index contributed by atoms with van der Waals surface area (Å²) >= 11 is 0. The second-order valence-corrected chi connectivity index (χ2v) is 7.59. The van der Waals surface area contributed by atoms with E-state index in [4.69, 9.17) is 5.26 Å². The molecule has 4 rings (SSSR count). The predicted octanol–water partition coefficient (Wildman–Crippen LogP) is 3.48. The highest BCUT2D eigenvalue weighted by Crippen LogP contribution is 2.28. The van der Waals surface area contributed by atoms with Crippen molar-refractivity contribution in [3.05, 3.63) is 59.7 Å². The molecule has 0 spiro atoms. The largest absolute Gasteiger partial charge is 0.352 e. The van der Waals surface area contributed by atoms with E-state index in [-0.39, 0.29) is 12.4 Å². The maximum Gasteiger partial charge on any atom is 0.155 e. The highest BCUT2D eigenvalue weighted by molar-refractivity contribution is 5.85. The molecular formula is C23H28ClN7. The molecule has 1 saturated heterocycles. The summed E-state index contributed by atoms with van der Waals surface area (Å²) < 4.78 is 2.05. The summed E-state index contributed by atoms with van der Waals surface area (Å²) in [5, 5.41) is 13.3. The Morgan fingerprint density at radius 2 is 1.74 bits per heavy atom. The molecule has 1 aliphatic heterocycles. The zero-order valence-corrected chi connectivity index (χ0v) is 18.8. The van der Waals surface area contributed by atoms with Gasteiger partial charge in [0, 0.05) is 68.5 Å². The van der Waals surface area contributed by atoms with E-state index in [1.54, 1.807) is 12.4 Å². The van der Waals surface area contributed by atoms with Gasteiger partial charge in [0.15, 0.2) is 5.82 Å². The minimum atomic E-state index is 0. The van der Waals surface area contributed by atoms with Crippen molar-refractivity contribution in [2.45, 2.75) is 33.4 Å². The van der Waals surface area contributed by atoms with E-state index in [0.717, 1.165) is 61.9 Å². The second-order valence-electron chi connectivity index (χ2n) is 7.59. The van der Waals surface area contributed by atoms with Gasteiger partial charge < -0.3 is 4.90 Å². The molecule has 0 radical (unpaired) electrons. The quantitative estimate of drug-likeness (QED) is 0.587. The zero-order valence-electron chi connectivity index (χ0n) is 18.0. The molecule has 0 N–H and O–H groups in total. The predicted molar refractivity (Wildman–Crippen MR) is 124 cm³/mol. The van der Waals surface area contributed by atoms with Crippen LogP contribution in [0, 0.1) is 18.3 Å². The van der Waals surface area contributed by atoms with Crippen LogP contribution in [0.5, 0.6) is 0 Å². The molecule has 162 valence electrons. The lowest BCUT2D eigenvalue weighted by Gasteiger charge is -2.35. The third-order valence-corrected chi connectivity index (χ3v) is 5.76. The molecule has 0 saturated carbocycles. The van der Waals surface area contributed by atoms with Gasteiger partial charge in [-0.1, -0.05) is 24.3 Å². The van der Waals surface area contributed by atoms with Gasteiger partial charge in [-0.25, -0.2) is 4.98 Å². The molecule has 0 aliphatic carbocycles. The van der Waals surface area contributed by atoms with Gasteiger partial charge in [-0.05, 0) is 19.4 Å². The molecule has 0 amide bonds. The molecular weight excluding hydrogens is 410 g/mol. The standard InChI is InChI=1S/C23H27N7.ClH/c1-3-30-18(2)21(16-27-30)17-28-12-14-29(15-13-28)23-22(25-10-11-26-23)20-6-4-19(5-7-20)8-9-24;/h4-7,10-11,16H,3,8,12-15,17H2,1-2H3;1H. The highest BCUT2D eigenvalue weighted by atomic mass is 35.5. The third kappa shape index (κ3) is 5.04. The van der Waals surface area contributed by atoms with Gasteiger partial charge in [0.1, 0.15) is 5.69 Å². The zero-order chi connectivity index (χ0) is 20.9. The van der Waals surface area contributed by atoms with Crippen LogP contribution in [-0.2, 0) is 19.5 Å². The van der Waals surface area contributed by atoms with Crippen LogP contribution in [0.15, 0.2) is 42.9 Å². The lowest BCUT2D eigenvalue weighted by molar-refractivity contribution is 0.249. The van der Waals surface area contributed by atoms with Gasteiger partial charge in [0.05, 0.1) is 18.7 Å². The Bertz CT molecular complexity index is 1030. The topological polar surface area (TPSA) is 73.9 Å². The fourth-order valence-electron chi connectivity index (χ4n) is 3.96. The van der Waals surface area contributed by atoms with Crippen molar-refractivity contribution in [3.63, 3.8) is 0 Å². The summed E-state index contributed by atoms with van der Waals surface area (Å²) in [6.07, 6.45) is 5.93. The highest BCUT2D eigenvalue weighted by Gasteiger charge is 2.22. The number of hydrogen-bond acceptors (Lipinski definition) is 6. The molecule has 3 aromatic rings. The maximum absolute atomic E-state index is 8.88. The first kappa shape index (κ1) is 22.7. The van der Waals surface area contributed by atoms with Crippen molar-refractivity contribution in [2.75, 3.05) is 31.1 Å². The summed E-state index contributed by atoms with van der Waals surface area (Å²) in [5.41, 5.74) is 5.51. The van der Waals surface area contributed by atoms with E-state index in [9.17, 15) is 0 Å². The van der Waals surface area contributed by atoms with Gasteiger partial charge in [0.25, 0.3) is 0 Å². The molecule has 0 atom stereocenters. The average Bonchev–Trinajstić information content (AvgIpc) is 3.14. The lowest BCUT2D eigenvalue weighted by atomic mass is 10.1. The number of benzene rings is 1. The molecule has 1 aliphatic rings. The molecule has 2 aromatic heterocycles. The first-order valence-corrected chi connectivity index (χ1v) is 10.5. The van der Waals surface area contributed by atoms with Gasteiger partial charge in [0.2, 0.25) is 0 Å². The average molecular weight is 438 g/mol. The van der Waals surface area contributed by atoms with Crippen molar-refractivity contribution in [1.82, 2.24) is 24.6 Å². The number of hydrogen-bond donors (Lipinski definition) is 0. The van der Waals surface area contributed by atoms with E-state index in [2.05, 4.69) is 49.5 Å². The molecule has 3 heterocycles. The summed E-state index contributed by atoms with van der Waals surface area (Å²) in [7, 11) is 0. The van der Waals surface area contributed by atoms with E-state index in [1.807, 2.05) is 30.5 Å². The van der Waals surface area contributed by atoms with Crippen LogP contribution in [-0.4, -0.2) is 50.8 Å². The number of nitriles is 1. The molecule has 31 heavy (non-hydrogen) atoms. The van der Waals surface area contributed by atoms with Crippen LogP contribution in [0.1, 0.15) is 23.7 Å². The van der Waals surface area contributed by atoms with Crippen molar-refractivity contribution in [2.24, 2.45) is 0 Å². The first-order valence-electron chi connectivity index (χ1n) is 10.5. The number of rotatable bonds is 6. The maximum atomic E-state index is 8.88. The second kappa shape index (κ2) is 10.4. The summed E-state index contributed by atoms with van der Waals surface area (Å²) in [4.78, 5) is 14.1. The minimum absolute atomic E-state index is 0. The van der Waals surface area contributed by atoms with Crippen LogP contribution in [0.4, 0.5) is 5.82 Å². The Balaban J connectivity index is 0.00000272. The lowest BCUT2D eigenvalue weighted by Crippen LogP contribution is -2.46. The number of aromatic nitrogens is 4. The van der Waals surface area contributed by atoms with E-state index < -0.39 is 0 Å². The van der Waals surface area contributed by atoms with E-state index in [0.29, 0.717) is 6.42 Å². The van der Waals surface area contributed by atoms with Crippen molar-refractivity contribution in [3.8, 4) is 17.3 Å². The molecule has 8 heteroatoms. The molecule has 1 fully saturated rings. The minimum Gasteiger partial charge on any atom is -0.352 e. The number of piperazine rings is 1. The third-order valence-electron chi connectivity index (χ3n) is 5.76. The summed E-state index contributed by atoms with van der Waals surface area (Å²) in [5.74, 6) is 0.931. The van der Waals surface area contributed by atoms with Crippen molar-refractivity contribution >= 4 is 18.2 Å². The number of anilines is 1. The Hall–Kier alpha value is -2.95. The smallest absolute Gasteiger partial charge is 0.155 e. The fourth-order valence-corrected chi connectivity index (χ4v) is 3.96. The number of aryl methyl sites for hydroxylation is 1. The Labute approximate surface area is 189 Å².